The Bertz CT molecular complexity index is 881. The van der Waals surface area contributed by atoms with E-state index in [4.69, 9.17) is 4.74 Å². The molecule has 0 bridgehead atoms. The van der Waals surface area contributed by atoms with Crippen LogP contribution < -0.4 is 10.3 Å². The number of aromatic amines is 1. The molecule has 0 amide bonds. The standard InChI is InChI=1S/C18H16N2O2/c21-18-13-5-1-3-7-15(13)19-17(20-18)14-6-2-4-8-16(14)22-11-12-9-10-12/h1-8,12H,9-11H2,(H,19,20,21). The van der Waals surface area contributed by atoms with Gasteiger partial charge in [0.2, 0.25) is 0 Å². The normalized spacial score (nSPS) is 14.2. The third kappa shape index (κ3) is 2.48. The molecule has 1 aliphatic carbocycles. The van der Waals surface area contributed by atoms with Gasteiger partial charge >= 0.3 is 0 Å². The van der Waals surface area contributed by atoms with Crippen LogP contribution in [0, 0.1) is 5.92 Å². The Hall–Kier alpha value is -2.62. The molecule has 1 fully saturated rings. The maximum Gasteiger partial charge on any atom is 0.259 e. The summed E-state index contributed by atoms with van der Waals surface area (Å²) in [7, 11) is 0. The fourth-order valence-corrected chi connectivity index (χ4v) is 2.49. The first-order chi connectivity index (χ1) is 10.8. The number of rotatable bonds is 4. The molecule has 110 valence electrons. The Morgan fingerprint density at radius 1 is 1.09 bits per heavy atom. The van der Waals surface area contributed by atoms with Gasteiger partial charge in [-0.05, 0) is 43.0 Å². The summed E-state index contributed by atoms with van der Waals surface area (Å²) in [4.78, 5) is 19.7. The summed E-state index contributed by atoms with van der Waals surface area (Å²) in [5.41, 5.74) is 1.39. The van der Waals surface area contributed by atoms with Gasteiger partial charge in [-0.3, -0.25) is 4.79 Å². The van der Waals surface area contributed by atoms with Gasteiger partial charge in [-0.1, -0.05) is 24.3 Å². The Balaban J connectivity index is 1.79. The molecule has 0 unspecified atom stereocenters. The van der Waals surface area contributed by atoms with Gasteiger partial charge in [0.25, 0.3) is 5.56 Å². The van der Waals surface area contributed by atoms with Gasteiger partial charge in [-0.2, -0.15) is 0 Å². The SMILES string of the molecule is O=c1[nH]c(-c2ccccc2OCC2CC2)nc2ccccc12. The van der Waals surface area contributed by atoms with Gasteiger partial charge in [-0.25, -0.2) is 4.98 Å². The van der Waals surface area contributed by atoms with Crippen LogP contribution in [-0.4, -0.2) is 16.6 Å². The Morgan fingerprint density at radius 2 is 1.86 bits per heavy atom. The van der Waals surface area contributed by atoms with Gasteiger partial charge in [0.15, 0.2) is 0 Å². The van der Waals surface area contributed by atoms with Crippen molar-refractivity contribution < 1.29 is 4.74 Å². The van der Waals surface area contributed by atoms with Gasteiger partial charge < -0.3 is 9.72 Å². The lowest BCUT2D eigenvalue weighted by molar-refractivity contribution is 0.301. The van der Waals surface area contributed by atoms with E-state index in [9.17, 15) is 4.79 Å². The van der Waals surface area contributed by atoms with Crippen molar-refractivity contribution in [2.75, 3.05) is 6.61 Å². The van der Waals surface area contributed by atoms with Crippen molar-refractivity contribution in [2.45, 2.75) is 12.8 Å². The van der Waals surface area contributed by atoms with E-state index < -0.39 is 0 Å². The first-order valence-electron chi connectivity index (χ1n) is 7.52. The molecular formula is C18H16N2O2. The maximum absolute atomic E-state index is 12.2. The molecule has 4 heteroatoms. The molecule has 2 aromatic carbocycles. The average Bonchev–Trinajstić information content (AvgIpc) is 3.37. The minimum atomic E-state index is -0.127. The van der Waals surface area contributed by atoms with Crippen LogP contribution >= 0.6 is 0 Å². The molecule has 0 saturated heterocycles. The summed E-state index contributed by atoms with van der Waals surface area (Å²) in [6, 6.07) is 15.1. The molecule has 4 nitrogen and oxygen atoms in total. The summed E-state index contributed by atoms with van der Waals surface area (Å²) in [6.07, 6.45) is 2.49. The molecule has 1 saturated carbocycles. The largest absolute Gasteiger partial charge is 0.493 e. The van der Waals surface area contributed by atoms with Gasteiger partial charge in [0.05, 0.1) is 23.1 Å². The summed E-state index contributed by atoms with van der Waals surface area (Å²) in [6.45, 7) is 0.731. The van der Waals surface area contributed by atoms with Crippen molar-refractivity contribution >= 4 is 10.9 Å². The van der Waals surface area contributed by atoms with E-state index in [0.717, 1.165) is 17.9 Å². The van der Waals surface area contributed by atoms with Crippen molar-refractivity contribution in [1.82, 2.24) is 9.97 Å². The second-order valence-electron chi connectivity index (χ2n) is 5.68. The number of hydrogen-bond acceptors (Lipinski definition) is 3. The highest BCUT2D eigenvalue weighted by Gasteiger charge is 2.22. The Morgan fingerprint density at radius 3 is 2.73 bits per heavy atom. The van der Waals surface area contributed by atoms with Crippen LogP contribution in [0.25, 0.3) is 22.3 Å². The third-order valence-electron chi connectivity index (χ3n) is 3.93. The molecule has 4 rings (SSSR count). The fourth-order valence-electron chi connectivity index (χ4n) is 2.49. The van der Waals surface area contributed by atoms with Crippen LogP contribution in [0.15, 0.2) is 53.3 Å². The predicted molar refractivity (Wildman–Crippen MR) is 86.0 cm³/mol. The molecule has 0 radical (unpaired) electrons. The van der Waals surface area contributed by atoms with E-state index in [0.29, 0.717) is 22.6 Å². The van der Waals surface area contributed by atoms with Gasteiger partial charge in [0, 0.05) is 0 Å². The van der Waals surface area contributed by atoms with E-state index in [1.807, 2.05) is 42.5 Å². The molecule has 1 heterocycles. The van der Waals surface area contributed by atoms with E-state index in [1.54, 1.807) is 6.07 Å². The molecule has 0 atom stereocenters. The lowest BCUT2D eigenvalue weighted by Crippen LogP contribution is -2.10. The zero-order chi connectivity index (χ0) is 14.9. The van der Waals surface area contributed by atoms with Crippen LogP contribution in [0.4, 0.5) is 0 Å². The first kappa shape index (κ1) is 13.1. The third-order valence-corrected chi connectivity index (χ3v) is 3.93. The minimum absolute atomic E-state index is 0.127. The second-order valence-corrected chi connectivity index (χ2v) is 5.68. The maximum atomic E-state index is 12.2. The van der Waals surface area contributed by atoms with Crippen LogP contribution in [0.5, 0.6) is 5.75 Å². The van der Waals surface area contributed by atoms with Crippen molar-refractivity contribution in [1.29, 1.82) is 0 Å². The molecule has 3 aromatic rings. The zero-order valence-electron chi connectivity index (χ0n) is 12.1. The van der Waals surface area contributed by atoms with Gasteiger partial charge in [0.1, 0.15) is 11.6 Å². The number of aromatic nitrogens is 2. The highest BCUT2D eigenvalue weighted by atomic mass is 16.5. The summed E-state index contributed by atoms with van der Waals surface area (Å²) in [5.74, 6) is 2.00. The highest BCUT2D eigenvalue weighted by Crippen LogP contribution is 2.32. The number of benzene rings is 2. The molecule has 1 N–H and O–H groups in total. The highest BCUT2D eigenvalue weighted by molar-refractivity contribution is 5.80. The lowest BCUT2D eigenvalue weighted by Gasteiger charge is -2.11. The fraction of sp³-hybridized carbons (Fsp3) is 0.222. The summed E-state index contributed by atoms with van der Waals surface area (Å²) >= 11 is 0. The molecular weight excluding hydrogens is 276 g/mol. The number of nitrogens with one attached hydrogen (secondary N) is 1. The zero-order valence-corrected chi connectivity index (χ0v) is 12.1. The van der Waals surface area contributed by atoms with E-state index in [1.165, 1.54) is 12.8 Å². The molecule has 1 aliphatic rings. The Labute approximate surface area is 127 Å². The predicted octanol–water partition coefficient (Wildman–Crippen LogP) is 3.38. The van der Waals surface area contributed by atoms with Crippen molar-refractivity contribution in [2.24, 2.45) is 5.92 Å². The minimum Gasteiger partial charge on any atom is -0.493 e. The molecule has 22 heavy (non-hydrogen) atoms. The van der Waals surface area contributed by atoms with E-state index in [-0.39, 0.29) is 5.56 Å². The van der Waals surface area contributed by atoms with Crippen LogP contribution in [0.3, 0.4) is 0 Å². The number of H-pyrrole nitrogens is 1. The van der Waals surface area contributed by atoms with E-state index in [2.05, 4.69) is 9.97 Å². The molecule has 0 spiro atoms. The van der Waals surface area contributed by atoms with E-state index >= 15 is 0 Å². The number of nitrogens with zero attached hydrogens (tertiary/aromatic N) is 1. The van der Waals surface area contributed by atoms with Crippen LogP contribution in [0.1, 0.15) is 12.8 Å². The Kier molecular flexibility index (Phi) is 3.15. The first-order valence-corrected chi connectivity index (χ1v) is 7.52. The lowest BCUT2D eigenvalue weighted by atomic mass is 10.1. The van der Waals surface area contributed by atoms with Crippen molar-refractivity contribution in [3.63, 3.8) is 0 Å². The number of hydrogen-bond donors (Lipinski definition) is 1. The molecule has 1 aromatic heterocycles. The summed E-state index contributed by atoms with van der Waals surface area (Å²) in [5, 5.41) is 0.600. The van der Waals surface area contributed by atoms with Crippen LogP contribution in [0.2, 0.25) is 0 Å². The average molecular weight is 292 g/mol. The van der Waals surface area contributed by atoms with Crippen LogP contribution in [-0.2, 0) is 0 Å². The quantitative estimate of drug-likeness (QED) is 0.802. The second kappa shape index (κ2) is 5.30. The summed E-state index contributed by atoms with van der Waals surface area (Å²) < 4.78 is 5.91. The monoisotopic (exact) mass is 292 g/mol. The smallest absolute Gasteiger partial charge is 0.259 e. The van der Waals surface area contributed by atoms with Crippen molar-refractivity contribution in [3.05, 3.63) is 58.9 Å². The molecule has 0 aliphatic heterocycles. The number of ether oxygens (including phenoxy) is 1. The van der Waals surface area contributed by atoms with Gasteiger partial charge in [-0.15, -0.1) is 0 Å². The number of fused-ring (bicyclic) bond motifs is 1. The van der Waals surface area contributed by atoms with Crippen molar-refractivity contribution in [3.8, 4) is 17.1 Å². The topological polar surface area (TPSA) is 55.0 Å². The number of para-hydroxylation sites is 2.